The third-order valence-electron chi connectivity index (χ3n) is 4.13. The monoisotopic (exact) mass is 325 g/mol. The molecule has 1 saturated heterocycles. The first kappa shape index (κ1) is 14.0. The molecule has 0 bridgehead atoms. The van der Waals surface area contributed by atoms with Gasteiger partial charge in [-0.05, 0) is 29.8 Å². The maximum atomic E-state index is 10.7. The van der Waals surface area contributed by atoms with Crippen molar-refractivity contribution >= 4 is 22.9 Å². The van der Waals surface area contributed by atoms with Crippen LogP contribution in [-0.4, -0.2) is 32.8 Å². The zero-order chi connectivity index (χ0) is 16.0. The molecular weight excluding hydrogens is 314 g/mol. The van der Waals surface area contributed by atoms with Crippen LogP contribution in [0.1, 0.15) is 11.3 Å². The predicted molar refractivity (Wildman–Crippen MR) is 85.3 cm³/mol. The van der Waals surface area contributed by atoms with E-state index in [2.05, 4.69) is 16.2 Å². The highest BCUT2D eigenvalue weighted by Crippen LogP contribution is 2.36. The number of nitriles is 1. The molecule has 2 aromatic heterocycles. The molecular formula is C16H12ClN5O. The minimum Gasteiger partial charge on any atom is -0.381 e. The average Bonchev–Trinajstić information content (AvgIpc) is 2.96. The van der Waals surface area contributed by atoms with Gasteiger partial charge in [-0.25, -0.2) is 9.50 Å². The molecule has 0 aliphatic carbocycles. The average molecular weight is 326 g/mol. The van der Waals surface area contributed by atoms with E-state index in [9.17, 15) is 5.11 Å². The molecule has 7 heteroatoms. The largest absolute Gasteiger partial charge is 0.381 e. The Morgan fingerprint density at radius 2 is 1.91 bits per heavy atom. The Morgan fingerprint density at radius 3 is 2.61 bits per heavy atom. The fourth-order valence-corrected chi connectivity index (χ4v) is 3.05. The van der Waals surface area contributed by atoms with Crippen molar-refractivity contribution in [3.63, 3.8) is 0 Å². The Hall–Kier alpha value is -2.62. The van der Waals surface area contributed by atoms with Crippen molar-refractivity contribution in [2.75, 3.05) is 18.0 Å². The summed E-state index contributed by atoms with van der Waals surface area (Å²) >= 11 is 5.89. The molecule has 0 spiro atoms. The summed E-state index contributed by atoms with van der Waals surface area (Å²) in [6.45, 7) is 0.850. The van der Waals surface area contributed by atoms with Gasteiger partial charge in [0.05, 0.1) is 13.1 Å². The van der Waals surface area contributed by atoms with Gasteiger partial charge in [-0.1, -0.05) is 23.7 Å². The minimum absolute atomic E-state index is 0.425. The fraction of sp³-hybridized carbons (Fsp3) is 0.188. The quantitative estimate of drug-likeness (QED) is 0.779. The lowest BCUT2D eigenvalue weighted by molar-refractivity contribution is 0.00718. The van der Waals surface area contributed by atoms with Crippen LogP contribution in [0.15, 0.2) is 42.7 Å². The number of rotatable bonds is 2. The number of hydrogen-bond acceptors (Lipinski definition) is 5. The molecule has 3 heterocycles. The fourth-order valence-electron chi connectivity index (χ4n) is 2.93. The van der Waals surface area contributed by atoms with Gasteiger partial charge in [0.1, 0.15) is 29.2 Å². The third-order valence-corrected chi connectivity index (χ3v) is 4.38. The Morgan fingerprint density at radius 1 is 1.17 bits per heavy atom. The highest BCUT2D eigenvalue weighted by atomic mass is 35.5. The highest BCUT2D eigenvalue weighted by Gasteiger charge is 2.44. The molecule has 1 N–H and O–H groups in total. The van der Waals surface area contributed by atoms with Crippen LogP contribution in [0.4, 0.5) is 5.82 Å². The second kappa shape index (κ2) is 4.95. The summed E-state index contributed by atoms with van der Waals surface area (Å²) in [4.78, 5) is 6.27. The van der Waals surface area contributed by atoms with Crippen molar-refractivity contribution in [2.45, 2.75) is 5.60 Å². The van der Waals surface area contributed by atoms with E-state index in [1.54, 1.807) is 22.7 Å². The first-order valence-corrected chi connectivity index (χ1v) is 7.45. The summed E-state index contributed by atoms with van der Waals surface area (Å²) in [5, 5.41) is 24.6. The summed E-state index contributed by atoms with van der Waals surface area (Å²) in [6.07, 6.45) is 1.42. The van der Waals surface area contributed by atoms with Gasteiger partial charge in [0.2, 0.25) is 0 Å². The van der Waals surface area contributed by atoms with E-state index >= 15 is 0 Å². The topological polar surface area (TPSA) is 77.5 Å². The Labute approximate surface area is 137 Å². The molecule has 6 nitrogen and oxygen atoms in total. The normalized spacial score (nSPS) is 16.1. The lowest BCUT2D eigenvalue weighted by Gasteiger charge is -2.47. The van der Waals surface area contributed by atoms with E-state index in [0.717, 1.165) is 11.1 Å². The minimum atomic E-state index is -0.919. The SMILES string of the molecule is N#Cc1ccc2c(N3CC(O)(c4ccc(Cl)cc4)C3)ncnn12. The van der Waals surface area contributed by atoms with Crippen molar-refractivity contribution in [1.82, 2.24) is 14.6 Å². The number of β-amino-alcohol motifs (C(OH)–C–C–N with tert-alkyl or cyclic N) is 1. The van der Waals surface area contributed by atoms with Crippen molar-refractivity contribution in [1.29, 1.82) is 5.26 Å². The number of benzene rings is 1. The van der Waals surface area contributed by atoms with Crippen molar-refractivity contribution in [2.24, 2.45) is 0 Å². The Bertz CT molecular complexity index is 922. The van der Waals surface area contributed by atoms with Gasteiger partial charge in [-0.2, -0.15) is 10.4 Å². The summed E-state index contributed by atoms with van der Waals surface area (Å²) < 4.78 is 1.56. The van der Waals surface area contributed by atoms with E-state index in [-0.39, 0.29) is 0 Å². The maximum Gasteiger partial charge on any atom is 0.156 e. The second-order valence-corrected chi connectivity index (χ2v) is 6.04. The van der Waals surface area contributed by atoms with Gasteiger partial charge in [-0.15, -0.1) is 0 Å². The number of halogens is 1. The number of anilines is 1. The Balaban J connectivity index is 1.64. The van der Waals surface area contributed by atoms with Gasteiger partial charge in [0.25, 0.3) is 0 Å². The van der Waals surface area contributed by atoms with Crippen LogP contribution in [0, 0.1) is 11.3 Å². The van der Waals surface area contributed by atoms with Gasteiger partial charge in [-0.3, -0.25) is 0 Å². The molecule has 0 atom stereocenters. The number of aromatic nitrogens is 3. The number of aliphatic hydroxyl groups is 1. The lowest BCUT2D eigenvalue weighted by Crippen LogP contribution is -2.60. The van der Waals surface area contributed by atoms with Crippen LogP contribution in [0.5, 0.6) is 0 Å². The molecule has 1 aliphatic rings. The van der Waals surface area contributed by atoms with Gasteiger partial charge >= 0.3 is 0 Å². The van der Waals surface area contributed by atoms with Crippen LogP contribution >= 0.6 is 11.6 Å². The van der Waals surface area contributed by atoms with Crippen LogP contribution in [0.2, 0.25) is 5.02 Å². The second-order valence-electron chi connectivity index (χ2n) is 5.61. The number of fused-ring (bicyclic) bond motifs is 1. The van der Waals surface area contributed by atoms with E-state index < -0.39 is 5.60 Å². The summed E-state index contributed by atoms with van der Waals surface area (Å²) in [5.41, 5.74) is 1.12. The van der Waals surface area contributed by atoms with E-state index in [1.165, 1.54) is 6.33 Å². The zero-order valence-electron chi connectivity index (χ0n) is 12.0. The zero-order valence-corrected chi connectivity index (χ0v) is 12.8. The first-order chi connectivity index (χ1) is 11.1. The molecule has 3 aromatic rings. The summed E-state index contributed by atoms with van der Waals surface area (Å²) in [5.74, 6) is 0.708. The van der Waals surface area contributed by atoms with Crippen LogP contribution in [0.3, 0.4) is 0 Å². The molecule has 0 amide bonds. The van der Waals surface area contributed by atoms with E-state index in [0.29, 0.717) is 29.6 Å². The van der Waals surface area contributed by atoms with Crippen LogP contribution < -0.4 is 4.90 Å². The molecule has 1 fully saturated rings. The molecule has 23 heavy (non-hydrogen) atoms. The smallest absolute Gasteiger partial charge is 0.156 e. The van der Waals surface area contributed by atoms with Crippen molar-refractivity contribution < 1.29 is 5.11 Å². The third kappa shape index (κ3) is 2.13. The molecule has 114 valence electrons. The predicted octanol–water partition coefficient (Wildman–Crippen LogP) is 1.96. The number of hydrogen-bond donors (Lipinski definition) is 1. The van der Waals surface area contributed by atoms with E-state index in [4.69, 9.17) is 16.9 Å². The van der Waals surface area contributed by atoms with Gasteiger partial charge in [0.15, 0.2) is 5.82 Å². The molecule has 0 saturated carbocycles. The lowest BCUT2D eigenvalue weighted by atomic mass is 9.86. The van der Waals surface area contributed by atoms with Crippen LogP contribution in [-0.2, 0) is 5.60 Å². The highest BCUT2D eigenvalue weighted by molar-refractivity contribution is 6.30. The Kier molecular flexibility index (Phi) is 3.01. The standard InChI is InChI=1S/C16H12ClN5O/c17-12-3-1-11(2-4-12)16(23)8-21(9-16)15-14-6-5-13(7-18)22(14)20-10-19-15/h1-6,10,23H,8-9H2. The summed E-state index contributed by atoms with van der Waals surface area (Å²) in [7, 11) is 0. The first-order valence-electron chi connectivity index (χ1n) is 7.07. The summed E-state index contributed by atoms with van der Waals surface area (Å²) in [6, 6.07) is 12.8. The van der Waals surface area contributed by atoms with Crippen molar-refractivity contribution in [3.05, 3.63) is 59.0 Å². The number of nitrogens with zero attached hydrogens (tertiary/aromatic N) is 5. The van der Waals surface area contributed by atoms with Gasteiger partial charge in [0, 0.05) is 5.02 Å². The van der Waals surface area contributed by atoms with Crippen molar-refractivity contribution in [3.8, 4) is 6.07 Å². The molecule has 4 rings (SSSR count). The molecule has 0 unspecified atom stereocenters. The van der Waals surface area contributed by atoms with Gasteiger partial charge < -0.3 is 10.0 Å². The molecule has 1 aromatic carbocycles. The van der Waals surface area contributed by atoms with E-state index in [1.807, 2.05) is 23.1 Å². The van der Waals surface area contributed by atoms with Crippen LogP contribution in [0.25, 0.3) is 5.52 Å². The molecule has 0 radical (unpaired) electrons. The molecule has 1 aliphatic heterocycles. The maximum absolute atomic E-state index is 10.7.